The minimum absolute atomic E-state index is 0. The number of nitrogens with one attached hydrogen (secondary N) is 2. The van der Waals surface area contributed by atoms with Crippen molar-refractivity contribution >= 4 is 24.1 Å². The van der Waals surface area contributed by atoms with Gasteiger partial charge >= 0.3 is 0 Å². The first-order valence-corrected chi connectivity index (χ1v) is 4.42. The molecule has 0 fully saturated rings. The number of rotatable bonds is 4. The molecule has 6 heteroatoms. The molecule has 88 valence electrons. The maximum Gasteiger partial charge on any atom is 0.257 e. The molecular formula is C10H14ClN3O2. The largest absolute Gasteiger partial charge is 0.483 e. The summed E-state index contributed by atoms with van der Waals surface area (Å²) < 4.78 is 5.22. The van der Waals surface area contributed by atoms with Gasteiger partial charge in [0.25, 0.3) is 5.91 Å². The van der Waals surface area contributed by atoms with Gasteiger partial charge in [0.15, 0.2) is 6.61 Å². The van der Waals surface area contributed by atoms with Gasteiger partial charge in [0.2, 0.25) is 0 Å². The van der Waals surface area contributed by atoms with Crippen molar-refractivity contribution in [3.63, 3.8) is 0 Å². The van der Waals surface area contributed by atoms with E-state index in [9.17, 15) is 4.79 Å². The summed E-state index contributed by atoms with van der Waals surface area (Å²) in [7, 11) is 1.53. The topological polar surface area (TPSA) is 88.2 Å². The number of benzene rings is 1. The zero-order valence-corrected chi connectivity index (χ0v) is 9.64. The van der Waals surface area contributed by atoms with E-state index < -0.39 is 0 Å². The Balaban J connectivity index is 0.00000225. The number of carbonyl (C=O) groups is 1. The van der Waals surface area contributed by atoms with Crippen LogP contribution in [-0.4, -0.2) is 25.4 Å². The first-order valence-electron chi connectivity index (χ1n) is 4.42. The van der Waals surface area contributed by atoms with Crippen molar-refractivity contribution in [1.29, 1.82) is 5.41 Å². The number of hydrogen-bond acceptors (Lipinski definition) is 3. The summed E-state index contributed by atoms with van der Waals surface area (Å²) >= 11 is 0. The Labute approximate surface area is 99.9 Å². The normalized spacial score (nSPS) is 8.81. The quantitative estimate of drug-likeness (QED) is 0.532. The van der Waals surface area contributed by atoms with E-state index >= 15 is 0 Å². The number of halogens is 1. The Kier molecular flexibility index (Phi) is 5.95. The summed E-state index contributed by atoms with van der Waals surface area (Å²) in [4.78, 5) is 10.9. The lowest BCUT2D eigenvalue weighted by Gasteiger charge is -2.09. The van der Waals surface area contributed by atoms with Crippen molar-refractivity contribution in [3.8, 4) is 5.75 Å². The fourth-order valence-corrected chi connectivity index (χ4v) is 1.03. The van der Waals surface area contributed by atoms with E-state index in [4.69, 9.17) is 15.9 Å². The molecular weight excluding hydrogens is 230 g/mol. The highest BCUT2D eigenvalue weighted by molar-refractivity contribution is 5.97. The fourth-order valence-electron chi connectivity index (χ4n) is 1.03. The molecule has 0 heterocycles. The number of carbonyl (C=O) groups excluding carboxylic acids is 1. The Morgan fingerprint density at radius 2 is 2.12 bits per heavy atom. The molecule has 0 saturated carbocycles. The zero-order valence-electron chi connectivity index (χ0n) is 8.82. The third-order valence-corrected chi connectivity index (χ3v) is 1.81. The van der Waals surface area contributed by atoms with Gasteiger partial charge in [-0.3, -0.25) is 10.2 Å². The van der Waals surface area contributed by atoms with Gasteiger partial charge in [-0.1, -0.05) is 12.1 Å². The van der Waals surface area contributed by atoms with Crippen LogP contribution in [0.2, 0.25) is 0 Å². The van der Waals surface area contributed by atoms with E-state index in [2.05, 4.69) is 5.32 Å². The molecule has 1 amide bonds. The van der Waals surface area contributed by atoms with Crippen molar-refractivity contribution in [2.75, 3.05) is 13.7 Å². The number of hydrogen-bond donors (Lipinski definition) is 3. The van der Waals surface area contributed by atoms with Gasteiger partial charge in [-0.25, -0.2) is 0 Å². The van der Waals surface area contributed by atoms with Crippen LogP contribution in [0.5, 0.6) is 5.75 Å². The number of para-hydroxylation sites is 1. The summed E-state index contributed by atoms with van der Waals surface area (Å²) in [6.45, 7) is -0.0825. The van der Waals surface area contributed by atoms with Gasteiger partial charge in [0.05, 0.1) is 5.56 Å². The maximum atomic E-state index is 10.9. The van der Waals surface area contributed by atoms with Gasteiger partial charge in [-0.05, 0) is 12.1 Å². The number of nitrogens with two attached hydrogens (primary N) is 1. The van der Waals surface area contributed by atoms with Gasteiger partial charge in [0, 0.05) is 7.05 Å². The van der Waals surface area contributed by atoms with Gasteiger partial charge in [-0.2, -0.15) is 0 Å². The third-order valence-electron chi connectivity index (χ3n) is 1.81. The summed E-state index contributed by atoms with van der Waals surface area (Å²) in [5.41, 5.74) is 5.84. The Morgan fingerprint density at radius 1 is 1.50 bits per heavy atom. The minimum Gasteiger partial charge on any atom is -0.483 e. The van der Waals surface area contributed by atoms with E-state index in [-0.39, 0.29) is 30.8 Å². The molecule has 0 atom stereocenters. The van der Waals surface area contributed by atoms with Crippen molar-refractivity contribution in [2.45, 2.75) is 0 Å². The first-order chi connectivity index (χ1) is 7.15. The highest BCUT2D eigenvalue weighted by Crippen LogP contribution is 2.16. The van der Waals surface area contributed by atoms with Crippen LogP contribution in [0.15, 0.2) is 24.3 Å². The molecule has 0 aliphatic heterocycles. The number of nitrogen functional groups attached to an aromatic ring is 1. The monoisotopic (exact) mass is 243 g/mol. The molecule has 1 rings (SSSR count). The molecule has 0 aliphatic carbocycles. The van der Waals surface area contributed by atoms with Crippen molar-refractivity contribution in [2.24, 2.45) is 5.73 Å². The summed E-state index contributed by atoms with van der Waals surface area (Å²) in [6.07, 6.45) is 0. The smallest absolute Gasteiger partial charge is 0.257 e. The lowest BCUT2D eigenvalue weighted by molar-refractivity contribution is -0.122. The third kappa shape index (κ3) is 3.78. The number of likely N-dealkylation sites (N-methyl/N-ethyl adjacent to an activating group) is 1. The minimum atomic E-state index is -0.228. The Bertz CT molecular complexity index is 382. The summed E-state index contributed by atoms with van der Waals surface area (Å²) in [5, 5.41) is 9.74. The standard InChI is InChI=1S/C10H13N3O2.ClH/c1-13-9(14)6-15-8-5-3-2-4-7(8)10(11)12;/h2-5H,6H2,1H3,(H3,11,12)(H,13,14);1H. The predicted octanol–water partition coefficient (Wildman–Crippen LogP) is 0.517. The van der Waals surface area contributed by atoms with Crippen LogP contribution in [0, 0.1) is 5.41 Å². The molecule has 0 aromatic heterocycles. The molecule has 0 radical (unpaired) electrons. The highest BCUT2D eigenvalue weighted by Gasteiger charge is 2.06. The van der Waals surface area contributed by atoms with Crippen LogP contribution in [0.1, 0.15) is 5.56 Å². The van der Waals surface area contributed by atoms with Crippen molar-refractivity contribution in [1.82, 2.24) is 5.32 Å². The molecule has 0 spiro atoms. The predicted molar refractivity (Wildman–Crippen MR) is 64.3 cm³/mol. The van der Waals surface area contributed by atoms with Crippen LogP contribution in [0.4, 0.5) is 0 Å². The Morgan fingerprint density at radius 3 is 2.69 bits per heavy atom. The lowest BCUT2D eigenvalue weighted by Crippen LogP contribution is -2.25. The second-order valence-corrected chi connectivity index (χ2v) is 2.87. The summed E-state index contributed by atoms with van der Waals surface area (Å²) in [6, 6.07) is 6.84. The van der Waals surface area contributed by atoms with Crippen molar-refractivity contribution < 1.29 is 9.53 Å². The van der Waals surface area contributed by atoms with Crippen LogP contribution < -0.4 is 15.8 Å². The molecule has 0 saturated heterocycles. The summed E-state index contributed by atoms with van der Waals surface area (Å²) in [5.74, 6) is 0.129. The van der Waals surface area contributed by atoms with E-state index in [1.165, 1.54) is 7.05 Å². The highest BCUT2D eigenvalue weighted by atomic mass is 35.5. The van der Waals surface area contributed by atoms with Gasteiger partial charge in [0.1, 0.15) is 11.6 Å². The number of amidine groups is 1. The SMILES string of the molecule is CNC(=O)COc1ccccc1C(=N)N.Cl. The lowest BCUT2D eigenvalue weighted by atomic mass is 10.2. The van der Waals surface area contributed by atoms with E-state index in [1.54, 1.807) is 24.3 Å². The molecule has 5 nitrogen and oxygen atoms in total. The second-order valence-electron chi connectivity index (χ2n) is 2.87. The van der Waals surface area contributed by atoms with Gasteiger partial charge in [-0.15, -0.1) is 12.4 Å². The van der Waals surface area contributed by atoms with Crippen LogP contribution >= 0.6 is 12.4 Å². The fraction of sp³-hybridized carbons (Fsp3) is 0.200. The van der Waals surface area contributed by atoms with Gasteiger partial charge < -0.3 is 15.8 Å². The van der Waals surface area contributed by atoms with Crippen molar-refractivity contribution in [3.05, 3.63) is 29.8 Å². The molecule has 0 unspecified atom stereocenters. The van der Waals surface area contributed by atoms with E-state index in [0.717, 1.165) is 0 Å². The molecule has 16 heavy (non-hydrogen) atoms. The number of amides is 1. The maximum absolute atomic E-state index is 10.9. The molecule has 0 aliphatic rings. The average molecular weight is 244 g/mol. The van der Waals surface area contributed by atoms with E-state index in [0.29, 0.717) is 11.3 Å². The molecule has 1 aromatic rings. The molecule has 4 N–H and O–H groups in total. The zero-order chi connectivity index (χ0) is 11.3. The molecule has 1 aromatic carbocycles. The molecule has 0 bridgehead atoms. The van der Waals surface area contributed by atoms with E-state index in [1.807, 2.05) is 0 Å². The number of ether oxygens (including phenoxy) is 1. The van der Waals surface area contributed by atoms with Crippen LogP contribution in [-0.2, 0) is 4.79 Å². The van der Waals surface area contributed by atoms with Crippen LogP contribution in [0.3, 0.4) is 0 Å². The first kappa shape index (κ1) is 14.2. The Hall–Kier alpha value is -1.75. The van der Waals surface area contributed by atoms with Crippen LogP contribution in [0.25, 0.3) is 0 Å². The average Bonchev–Trinajstić information content (AvgIpc) is 2.26. The second kappa shape index (κ2) is 6.68.